The number of fused-ring (bicyclic) bond motifs is 1. The molecular weight excluding hydrogens is 302 g/mol. The minimum atomic E-state index is -0.0789. The lowest BCUT2D eigenvalue weighted by molar-refractivity contribution is -0.132. The molecule has 0 N–H and O–H groups in total. The van der Waals surface area contributed by atoms with E-state index in [0.717, 1.165) is 29.3 Å². The summed E-state index contributed by atoms with van der Waals surface area (Å²) in [5.41, 5.74) is 1.97. The van der Waals surface area contributed by atoms with Crippen molar-refractivity contribution in [2.75, 3.05) is 0 Å². The molecule has 2 aromatic heterocycles. The van der Waals surface area contributed by atoms with Crippen LogP contribution in [0.3, 0.4) is 0 Å². The Morgan fingerprint density at radius 2 is 2.04 bits per heavy atom. The van der Waals surface area contributed by atoms with E-state index in [2.05, 4.69) is 47.2 Å². The number of carbonyl (C=O) groups excluding carboxylic acids is 1. The van der Waals surface area contributed by atoms with Crippen molar-refractivity contribution in [3.8, 4) is 0 Å². The van der Waals surface area contributed by atoms with E-state index in [9.17, 15) is 4.79 Å². The quantitative estimate of drug-likeness (QED) is 0.865. The molecule has 0 saturated carbocycles. The van der Waals surface area contributed by atoms with Crippen LogP contribution in [0.1, 0.15) is 57.0 Å². The molecule has 6 heteroatoms. The van der Waals surface area contributed by atoms with Crippen molar-refractivity contribution in [3.05, 3.63) is 41.5 Å². The van der Waals surface area contributed by atoms with Gasteiger partial charge in [-0.3, -0.25) is 4.79 Å². The van der Waals surface area contributed by atoms with Crippen LogP contribution in [0.5, 0.6) is 0 Å². The molecule has 1 aliphatic heterocycles. The molecule has 3 heterocycles. The Balaban J connectivity index is 1.63. The van der Waals surface area contributed by atoms with Gasteiger partial charge in [-0.05, 0) is 0 Å². The molecule has 0 unspecified atom stereocenters. The van der Waals surface area contributed by atoms with Gasteiger partial charge in [0.05, 0.1) is 12.2 Å². The average Bonchev–Trinajstić information content (AvgIpc) is 3.16. The lowest BCUT2D eigenvalue weighted by Crippen LogP contribution is -2.26. The van der Waals surface area contributed by atoms with E-state index in [4.69, 9.17) is 0 Å². The van der Waals surface area contributed by atoms with Gasteiger partial charge in [0, 0.05) is 55.5 Å². The Kier molecular flexibility index (Phi) is 4.39. The van der Waals surface area contributed by atoms with Gasteiger partial charge in [-0.25, -0.2) is 15.0 Å². The topological polar surface area (TPSA) is 63.9 Å². The van der Waals surface area contributed by atoms with Gasteiger partial charge >= 0.3 is 0 Å². The summed E-state index contributed by atoms with van der Waals surface area (Å²) in [7, 11) is 0. The first-order valence-electron chi connectivity index (χ1n) is 8.51. The number of aryl methyl sites for hydroxylation is 2. The number of hydrogen-bond donors (Lipinski definition) is 0. The maximum absolute atomic E-state index is 12.5. The summed E-state index contributed by atoms with van der Waals surface area (Å²) in [4.78, 5) is 27.8. The number of amides is 1. The molecule has 1 amide bonds. The number of carbonyl (C=O) groups is 1. The van der Waals surface area contributed by atoms with Gasteiger partial charge in [-0.2, -0.15) is 0 Å². The zero-order chi connectivity index (χ0) is 17.3. The molecule has 0 radical (unpaired) electrons. The summed E-state index contributed by atoms with van der Waals surface area (Å²) in [6, 6.07) is 0. The zero-order valence-electron chi connectivity index (χ0n) is 14.9. The van der Waals surface area contributed by atoms with E-state index >= 15 is 0 Å². The maximum atomic E-state index is 12.5. The van der Waals surface area contributed by atoms with E-state index in [-0.39, 0.29) is 11.3 Å². The van der Waals surface area contributed by atoms with Crippen molar-refractivity contribution < 1.29 is 4.79 Å². The molecule has 0 saturated heterocycles. The lowest BCUT2D eigenvalue weighted by atomic mass is 9.95. The number of imidazole rings is 1. The van der Waals surface area contributed by atoms with E-state index in [1.165, 1.54) is 0 Å². The minimum absolute atomic E-state index is 0.0789. The number of nitrogens with zero attached hydrogens (tertiary/aromatic N) is 5. The second-order valence-corrected chi connectivity index (χ2v) is 7.31. The smallest absolute Gasteiger partial charge is 0.225 e. The molecule has 0 aromatic carbocycles. The van der Waals surface area contributed by atoms with Gasteiger partial charge in [-0.15, -0.1) is 0 Å². The Morgan fingerprint density at radius 3 is 2.75 bits per heavy atom. The van der Waals surface area contributed by atoms with Crippen LogP contribution in [-0.2, 0) is 36.3 Å². The summed E-state index contributed by atoms with van der Waals surface area (Å²) in [6.45, 7) is 10.2. The van der Waals surface area contributed by atoms with Crippen molar-refractivity contribution in [2.24, 2.45) is 0 Å². The normalized spacial score (nSPS) is 14.1. The van der Waals surface area contributed by atoms with Crippen LogP contribution < -0.4 is 0 Å². The fourth-order valence-corrected chi connectivity index (χ4v) is 2.92. The van der Waals surface area contributed by atoms with Gasteiger partial charge in [0.25, 0.3) is 0 Å². The van der Waals surface area contributed by atoms with Crippen LogP contribution in [0.4, 0.5) is 0 Å². The van der Waals surface area contributed by atoms with Gasteiger partial charge in [-0.1, -0.05) is 27.7 Å². The van der Waals surface area contributed by atoms with Gasteiger partial charge in [0.15, 0.2) is 0 Å². The van der Waals surface area contributed by atoms with Crippen molar-refractivity contribution >= 4 is 5.91 Å². The summed E-state index contributed by atoms with van der Waals surface area (Å²) >= 11 is 0. The molecule has 1 aliphatic rings. The average molecular weight is 327 g/mol. The first-order chi connectivity index (χ1) is 11.4. The van der Waals surface area contributed by atoms with E-state index in [0.29, 0.717) is 26.1 Å². The monoisotopic (exact) mass is 327 g/mol. The molecular formula is C18H25N5O. The van der Waals surface area contributed by atoms with Gasteiger partial charge in [0.1, 0.15) is 11.6 Å². The molecule has 0 fully saturated rings. The van der Waals surface area contributed by atoms with Crippen molar-refractivity contribution in [2.45, 2.75) is 65.6 Å². The van der Waals surface area contributed by atoms with E-state index in [1.807, 2.05) is 17.3 Å². The summed E-state index contributed by atoms with van der Waals surface area (Å²) in [5.74, 6) is 2.01. The highest BCUT2D eigenvalue weighted by Gasteiger charge is 2.27. The predicted octanol–water partition coefficient (Wildman–Crippen LogP) is 2.47. The third kappa shape index (κ3) is 3.32. The summed E-state index contributed by atoms with van der Waals surface area (Å²) < 4.78 is 2.05. The predicted molar refractivity (Wildman–Crippen MR) is 91.2 cm³/mol. The van der Waals surface area contributed by atoms with Crippen LogP contribution >= 0.6 is 0 Å². The fourth-order valence-electron chi connectivity index (χ4n) is 2.92. The van der Waals surface area contributed by atoms with Crippen molar-refractivity contribution in [1.82, 2.24) is 24.4 Å². The van der Waals surface area contributed by atoms with Crippen molar-refractivity contribution in [1.29, 1.82) is 0 Å². The van der Waals surface area contributed by atoms with Crippen LogP contribution in [0.2, 0.25) is 0 Å². The van der Waals surface area contributed by atoms with Gasteiger partial charge < -0.3 is 9.47 Å². The largest absolute Gasteiger partial charge is 0.334 e. The van der Waals surface area contributed by atoms with Crippen LogP contribution in [0, 0.1) is 0 Å². The first-order valence-corrected chi connectivity index (χ1v) is 8.51. The molecule has 24 heavy (non-hydrogen) atoms. The van der Waals surface area contributed by atoms with Crippen LogP contribution in [0.25, 0.3) is 0 Å². The Bertz CT molecular complexity index is 744. The molecule has 0 aliphatic carbocycles. The molecule has 2 aromatic rings. The summed E-state index contributed by atoms with van der Waals surface area (Å²) in [5, 5.41) is 0. The second kappa shape index (κ2) is 6.34. The molecule has 3 rings (SSSR count). The molecule has 0 bridgehead atoms. The summed E-state index contributed by atoms with van der Waals surface area (Å²) in [6.07, 6.45) is 6.96. The fraction of sp³-hybridized carbons (Fsp3) is 0.556. The molecule has 0 atom stereocenters. The van der Waals surface area contributed by atoms with Crippen molar-refractivity contribution in [3.63, 3.8) is 0 Å². The SMILES string of the molecule is CCc1nccn1CCC(=O)N1Cc2cnc(C(C)(C)C)nc2C1. The highest BCUT2D eigenvalue weighted by molar-refractivity contribution is 5.76. The second-order valence-electron chi connectivity index (χ2n) is 7.31. The Morgan fingerprint density at radius 1 is 1.25 bits per heavy atom. The number of hydrogen-bond acceptors (Lipinski definition) is 4. The number of aromatic nitrogens is 4. The first kappa shape index (κ1) is 16.6. The molecule has 128 valence electrons. The Labute approximate surface area is 142 Å². The Hall–Kier alpha value is -2.24. The lowest BCUT2D eigenvalue weighted by Gasteiger charge is -2.16. The minimum Gasteiger partial charge on any atom is -0.334 e. The van der Waals surface area contributed by atoms with E-state index < -0.39 is 0 Å². The third-order valence-corrected chi connectivity index (χ3v) is 4.36. The maximum Gasteiger partial charge on any atom is 0.225 e. The highest BCUT2D eigenvalue weighted by Crippen LogP contribution is 2.25. The van der Waals surface area contributed by atoms with Crippen LogP contribution in [-0.4, -0.2) is 30.3 Å². The standard InChI is InChI=1S/C18H25N5O/c1-5-15-19-7-9-22(15)8-6-16(24)23-11-13-10-20-17(18(2,3)4)21-14(13)12-23/h7,9-10H,5-6,8,11-12H2,1-4H3. The third-order valence-electron chi connectivity index (χ3n) is 4.36. The van der Waals surface area contributed by atoms with E-state index in [1.54, 1.807) is 6.20 Å². The molecule has 6 nitrogen and oxygen atoms in total. The van der Waals surface area contributed by atoms with Crippen LogP contribution in [0.15, 0.2) is 18.6 Å². The molecule has 0 spiro atoms. The zero-order valence-corrected chi connectivity index (χ0v) is 14.9. The highest BCUT2D eigenvalue weighted by atomic mass is 16.2. The number of rotatable bonds is 4. The van der Waals surface area contributed by atoms with Gasteiger partial charge in [0.2, 0.25) is 5.91 Å².